The molecule has 1 saturated heterocycles. The van der Waals surface area contributed by atoms with Crippen LogP contribution in [0.5, 0.6) is 0 Å². The summed E-state index contributed by atoms with van der Waals surface area (Å²) in [7, 11) is 0. The molecule has 2 aromatic carbocycles. The molecule has 0 saturated carbocycles. The molecular weight excluding hydrogens is 360 g/mol. The third-order valence-corrected chi connectivity index (χ3v) is 4.64. The highest BCUT2D eigenvalue weighted by Gasteiger charge is 2.38. The molecule has 2 atom stereocenters. The van der Waals surface area contributed by atoms with Crippen LogP contribution in [0, 0.1) is 29.9 Å². The number of nitrogens with one attached hydrogen (secondary N) is 3. The number of benzene rings is 2. The number of nitro groups is 1. The Morgan fingerprint density at radius 3 is 2.64 bits per heavy atom. The standard InChI is InChI=1S/C20H20N4O4/c1-11-7-8-16(12(2)9-11)18-17(13(3)21-20(26)23-18)19(25)22-14-5-4-6-15(10-14)24(27)28/h4-10,17-18H,3H2,1-2H3,(H,22,25)(H2,21,23,26)/t17-,18+/m1/s1. The number of hydrogen-bond acceptors (Lipinski definition) is 4. The molecule has 1 aliphatic rings. The summed E-state index contributed by atoms with van der Waals surface area (Å²) in [5.41, 5.74) is 3.24. The van der Waals surface area contributed by atoms with Crippen LogP contribution in [0.1, 0.15) is 22.7 Å². The SMILES string of the molecule is C=C1NC(=O)N[C@@H](c2ccc(C)cc2C)[C@@H]1C(=O)Nc1cccc([N+](=O)[O-])c1. The summed E-state index contributed by atoms with van der Waals surface area (Å²) in [6.07, 6.45) is 0. The van der Waals surface area contributed by atoms with E-state index >= 15 is 0 Å². The first-order valence-corrected chi connectivity index (χ1v) is 8.65. The van der Waals surface area contributed by atoms with E-state index in [4.69, 9.17) is 0 Å². The van der Waals surface area contributed by atoms with E-state index in [0.717, 1.165) is 16.7 Å². The van der Waals surface area contributed by atoms with Gasteiger partial charge in [0, 0.05) is 23.5 Å². The molecule has 1 heterocycles. The lowest BCUT2D eigenvalue weighted by Crippen LogP contribution is -2.52. The van der Waals surface area contributed by atoms with Gasteiger partial charge < -0.3 is 16.0 Å². The fourth-order valence-electron chi connectivity index (χ4n) is 3.34. The Kier molecular flexibility index (Phi) is 5.12. The third-order valence-electron chi connectivity index (χ3n) is 4.64. The number of non-ortho nitro benzene ring substituents is 1. The lowest BCUT2D eigenvalue weighted by Gasteiger charge is -2.34. The zero-order chi connectivity index (χ0) is 20.4. The predicted octanol–water partition coefficient (Wildman–Crippen LogP) is 3.33. The van der Waals surface area contributed by atoms with E-state index in [1.807, 2.05) is 32.0 Å². The summed E-state index contributed by atoms with van der Waals surface area (Å²) in [6, 6.07) is 10.4. The molecule has 3 amide bonds. The van der Waals surface area contributed by atoms with E-state index in [2.05, 4.69) is 22.5 Å². The highest BCUT2D eigenvalue weighted by Crippen LogP contribution is 2.32. The molecule has 2 aromatic rings. The molecule has 0 bridgehead atoms. The van der Waals surface area contributed by atoms with Crippen molar-refractivity contribution in [2.45, 2.75) is 19.9 Å². The largest absolute Gasteiger partial charge is 0.330 e. The maximum atomic E-state index is 13.0. The average molecular weight is 380 g/mol. The van der Waals surface area contributed by atoms with E-state index in [-0.39, 0.29) is 11.4 Å². The Bertz CT molecular complexity index is 986. The lowest BCUT2D eigenvalue weighted by atomic mass is 9.85. The number of aryl methyl sites for hydroxylation is 2. The van der Waals surface area contributed by atoms with E-state index in [1.165, 1.54) is 18.2 Å². The first kappa shape index (κ1) is 19.1. The van der Waals surface area contributed by atoms with Gasteiger partial charge in [-0.1, -0.05) is 36.4 Å². The minimum Gasteiger partial charge on any atom is -0.330 e. The Hall–Kier alpha value is -3.68. The lowest BCUT2D eigenvalue weighted by molar-refractivity contribution is -0.384. The van der Waals surface area contributed by atoms with Crippen LogP contribution in [0.2, 0.25) is 0 Å². The molecule has 8 heteroatoms. The monoisotopic (exact) mass is 380 g/mol. The number of rotatable bonds is 4. The molecule has 144 valence electrons. The number of nitro benzene ring substituents is 1. The number of anilines is 1. The van der Waals surface area contributed by atoms with Gasteiger partial charge in [-0.05, 0) is 31.0 Å². The van der Waals surface area contributed by atoms with Crippen molar-refractivity contribution in [2.75, 3.05) is 5.32 Å². The van der Waals surface area contributed by atoms with Gasteiger partial charge in [-0.3, -0.25) is 14.9 Å². The van der Waals surface area contributed by atoms with Gasteiger partial charge in [0.25, 0.3) is 5.69 Å². The predicted molar refractivity (Wildman–Crippen MR) is 105 cm³/mol. The maximum absolute atomic E-state index is 13.0. The Morgan fingerprint density at radius 1 is 1.21 bits per heavy atom. The van der Waals surface area contributed by atoms with Gasteiger partial charge in [0.15, 0.2) is 0 Å². The highest BCUT2D eigenvalue weighted by atomic mass is 16.6. The summed E-state index contributed by atoms with van der Waals surface area (Å²) >= 11 is 0. The molecule has 0 aromatic heterocycles. The minimum absolute atomic E-state index is 0.127. The number of nitrogens with zero attached hydrogens (tertiary/aromatic N) is 1. The zero-order valence-electron chi connectivity index (χ0n) is 15.5. The van der Waals surface area contributed by atoms with E-state index in [9.17, 15) is 19.7 Å². The normalized spacial score (nSPS) is 18.8. The van der Waals surface area contributed by atoms with Crippen LogP contribution in [-0.2, 0) is 4.79 Å². The van der Waals surface area contributed by atoms with Gasteiger partial charge in [0.05, 0.1) is 11.0 Å². The van der Waals surface area contributed by atoms with Crippen molar-refractivity contribution in [3.05, 3.63) is 81.5 Å². The second kappa shape index (κ2) is 7.51. The maximum Gasteiger partial charge on any atom is 0.319 e. The smallest absolute Gasteiger partial charge is 0.319 e. The summed E-state index contributed by atoms with van der Waals surface area (Å²) in [5.74, 6) is -1.22. The van der Waals surface area contributed by atoms with Gasteiger partial charge >= 0.3 is 6.03 Å². The fraction of sp³-hybridized carbons (Fsp3) is 0.200. The molecule has 0 unspecified atom stereocenters. The molecule has 8 nitrogen and oxygen atoms in total. The first-order valence-electron chi connectivity index (χ1n) is 8.65. The number of carbonyl (C=O) groups excluding carboxylic acids is 2. The average Bonchev–Trinajstić information content (AvgIpc) is 2.61. The van der Waals surface area contributed by atoms with Gasteiger partial charge in [0.2, 0.25) is 5.91 Å². The topological polar surface area (TPSA) is 113 Å². The molecule has 3 N–H and O–H groups in total. The van der Waals surface area contributed by atoms with Gasteiger partial charge in [0.1, 0.15) is 5.92 Å². The van der Waals surface area contributed by atoms with Gasteiger partial charge in [-0.2, -0.15) is 0 Å². The Morgan fingerprint density at radius 2 is 1.96 bits per heavy atom. The summed E-state index contributed by atoms with van der Waals surface area (Å²) < 4.78 is 0. The van der Waals surface area contributed by atoms with Crippen molar-refractivity contribution in [1.82, 2.24) is 10.6 Å². The van der Waals surface area contributed by atoms with Crippen molar-refractivity contribution in [2.24, 2.45) is 5.92 Å². The first-order chi connectivity index (χ1) is 13.3. The molecule has 0 spiro atoms. The molecule has 3 rings (SSSR count). The number of amides is 3. The second-order valence-corrected chi connectivity index (χ2v) is 6.74. The van der Waals surface area contributed by atoms with E-state index in [1.54, 1.807) is 6.07 Å². The summed E-state index contributed by atoms with van der Waals surface area (Å²) in [6.45, 7) is 7.71. The molecule has 0 aliphatic carbocycles. The highest BCUT2D eigenvalue weighted by molar-refractivity contribution is 5.97. The molecule has 1 aliphatic heterocycles. The van der Waals surface area contributed by atoms with Crippen molar-refractivity contribution < 1.29 is 14.5 Å². The molecule has 1 fully saturated rings. The second-order valence-electron chi connectivity index (χ2n) is 6.74. The van der Waals surface area contributed by atoms with Crippen LogP contribution in [0.3, 0.4) is 0 Å². The third kappa shape index (κ3) is 3.85. The van der Waals surface area contributed by atoms with Crippen LogP contribution in [-0.4, -0.2) is 16.9 Å². The van der Waals surface area contributed by atoms with Gasteiger partial charge in [-0.15, -0.1) is 0 Å². The fourth-order valence-corrected chi connectivity index (χ4v) is 3.34. The Balaban J connectivity index is 1.92. The summed E-state index contributed by atoms with van der Waals surface area (Å²) in [4.78, 5) is 35.4. The molecular formula is C20H20N4O4. The number of urea groups is 1. The van der Waals surface area contributed by atoms with Crippen molar-refractivity contribution >= 4 is 23.3 Å². The van der Waals surface area contributed by atoms with Crippen molar-refractivity contribution in [3.8, 4) is 0 Å². The molecule has 0 radical (unpaired) electrons. The van der Waals surface area contributed by atoms with Crippen molar-refractivity contribution in [3.63, 3.8) is 0 Å². The number of hydrogen-bond donors (Lipinski definition) is 3. The van der Waals surface area contributed by atoms with E-state index in [0.29, 0.717) is 5.69 Å². The van der Waals surface area contributed by atoms with Crippen molar-refractivity contribution in [1.29, 1.82) is 0 Å². The van der Waals surface area contributed by atoms with E-state index < -0.39 is 28.8 Å². The van der Waals surface area contributed by atoms with Gasteiger partial charge in [-0.25, -0.2) is 4.79 Å². The van der Waals surface area contributed by atoms with Crippen LogP contribution in [0.15, 0.2) is 54.7 Å². The zero-order valence-corrected chi connectivity index (χ0v) is 15.5. The molecule has 28 heavy (non-hydrogen) atoms. The Labute approximate surface area is 161 Å². The number of carbonyl (C=O) groups is 2. The van der Waals surface area contributed by atoms with Crippen LogP contribution in [0.4, 0.5) is 16.2 Å². The summed E-state index contributed by atoms with van der Waals surface area (Å²) in [5, 5.41) is 19.0. The quantitative estimate of drug-likeness (QED) is 0.557. The van der Waals surface area contributed by atoms with Crippen LogP contribution < -0.4 is 16.0 Å². The minimum atomic E-state index is -0.793. The van der Waals surface area contributed by atoms with Crippen LogP contribution in [0.25, 0.3) is 0 Å². The van der Waals surface area contributed by atoms with Crippen LogP contribution >= 0.6 is 0 Å².